The summed E-state index contributed by atoms with van der Waals surface area (Å²) >= 11 is 0. The first-order valence-electron chi connectivity index (χ1n) is 11.8. The fourth-order valence-electron chi connectivity index (χ4n) is 3.58. The van der Waals surface area contributed by atoms with E-state index in [2.05, 4.69) is 6.92 Å². The molecule has 0 spiro atoms. The van der Waals surface area contributed by atoms with Gasteiger partial charge in [0.25, 0.3) is 0 Å². The number of aliphatic hydroxyl groups excluding tert-OH is 1. The largest absolute Gasteiger partial charge is 0.481 e. The van der Waals surface area contributed by atoms with E-state index in [-0.39, 0.29) is 20.0 Å². The van der Waals surface area contributed by atoms with Gasteiger partial charge in [-0.05, 0) is 18.4 Å². The Morgan fingerprint density at radius 1 is 0.909 bits per heavy atom. The maximum absolute atomic E-state index is 11.1. The van der Waals surface area contributed by atoms with Crippen molar-refractivity contribution in [3.05, 3.63) is 35.9 Å². The van der Waals surface area contributed by atoms with Gasteiger partial charge in [0, 0.05) is 33.5 Å². The quantitative estimate of drug-likeness (QED) is 0.204. The van der Waals surface area contributed by atoms with Crippen LogP contribution >= 0.6 is 0 Å². The Bertz CT molecular complexity index is 597. The Labute approximate surface area is 198 Å². The molecule has 190 valence electrons. The van der Waals surface area contributed by atoms with Crippen LogP contribution in [0.5, 0.6) is 0 Å². The van der Waals surface area contributed by atoms with Gasteiger partial charge in [-0.25, -0.2) is 0 Å². The van der Waals surface area contributed by atoms with Gasteiger partial charge < -0.3 is 33.9 Å². The minimum Gasteiger partial charge on any atom is -0.481 e. The molecule has 2 N–H and O–H groups in total. The van der Waals surface area contributed by atoms with Gasteiger partial charge in [0.1, 0.15) is 13.6 Å². The van der Waals surface area contributed by atoms with Crippen LogP contribution in [0, 0.1) is 0 Å². The van der Waals surface area contributed by atoms with Crippen molar-refractivity contribution in [2.45, 2.75) is 89.3 Å². The first-order chi connectivity index (χ1) is 16.0. The van der Waals surface area contributed by atoms with Gasteiger partial charge in [-0.2, -0.15) is 0 Å². The number of aliphatic carboxylic acids is 1. The lowest BCUT2D eigenvalue weighted by atomic mass is 9.96. The van der Waals surface area contributed by atoms with Gasteiger partial charge in [0.15, 0.2) is 0 Å². The van der Waals surface area contributed by atoms with Gasteiger partial charge in [0.05, 0.1) is 31.0 Å². The number of ether oxygens (including phenoxy) is 5. The number of hydrogen-bond donors (Lipinski definition) is 2. The lowest BCUT2D eigenvalue weighted by Crippen LogP contribution is -2.38. The number of hydrogen-bond acceptors (Lipinski definition) is 7. The first kappa shape index (κ1) is 29.5. The number of carboxylic acid groups (broad SMARTS) is 1. The number of unbranched alkanes of at least 4 members (excludes halogenated alkanes) is 2. The van der Waals surface area contributed by atoms with Crippen molar-refractivity contribution in [1.29, 1.82) is 0 Å². The average Bonchev–Trinajstić information content (AvgIpc) is 2.81. The van der Waals surface area contributed by atoms with Gasteiger partial charge in [-0.15, -0.1) is 0 Å². The fourth-order valence-corrected chi connectivity index (χ4v) is 3.58. The van der Waals surface area contributed by atoms with E-state index in [0.29, 0.717) is 32.3 Å². The molecule has 1 aromatic carbocycles. The molecule has 0 heterocycles. The number of benzene rings is 1. The number of methoxy groups -OCH3 is 2. The Kier molecular flexibility index (Phi) is 16.8. The fraction of sp³-hybridized carbons (Fsp3) is 0.720. The predicted octanol–water partition coefficient (Wildman–Crippen LogP) is 4.14. The van der Waals surface area contributed by atoms with Crippen LogP contribution in [0.1, 0.15) is 63.9 Å². The van der Waals surface area contributed by atoms with E-state index in [0.717, 1.165) is 24.8 Å². The van der Waals surface area contributed by atoms with E-state index in [9.17, 15) is 9.90 Å². The van der Waals surface area contributed by atoms with Crippen LogP contribution in [0.3, 0.4) is 0 Å². The highest BCUT2D eigenvalue weighted by molar-refractivity contribution is 5.66. The molecular formula is C25H42O8. The van der Waals surface area contributed by atoms with Crippen molar-refractivity contribution in [2.24, 2.45) is 0 Å². The van der Waals surface area contributed by atoms with Crippen molar-refractivity contribution in [3.63, 3.8) is 0 Å². The molecule has 1 aromatic rings. The molecule has 0 aliphatic heterocycles. The summed E-state index contributed by atoms with van der Waals surface area (Å²) in [6, 6.07) is 9.79. The summed E-state index contributed by atoms with van der Waals surface area (Å²) < 4.78 is 28.1. The molecule has 0 aromatic heterocycles. The normalized spacial score (nSPS) is 15.2. The maximum atomic E-state index is 11.1. The highest BCUT2D eigenvalue weighted by Gasteiger charge is 2.29. The molecule has 33 heavy (non-hydrogen) atoms. The van der Waals surface area contributed by atoms with Crippen LogP contribution in [0.2, 0.25) is 0 Å². The van der Waals surface area contributed by atoms with Crippen LogP contribution in [-0.2, 0) is 35.1 Å². The molecular weight excluding hydrogens is 428 g/mol. The number of carboxylic acids is 1. The molecule has 0 amide bonds. The molecule has 0 radical (unpaired) electrons. The molecule has 0 saturated carbocycles. The van der Waals surface area contributed by atoms with Crippen LogP contribution < -0.4 is 0 Å². The second kappa shape index (κ2) is 18.8. The summed E-state index contributed by atoms with van der Waals surface area (Å²) in [5.41, 5.74) is 1.01. The zero-order valence-corrected chi connectivity index (χ0v) is 20.3. The topological polar surface area (TPSA) is 104 Å². The zero-order chi connectivity index (χ0) is 24.3. The smallest absolute Gasteiger partial charge is 0.303 e. The monoisotopic (exact) mass is 470 g/mol. The molecule has 8 heteroatoms. The van der Waals surface area contributed by atoms with E-state index >= 15 is 0 Å². The van der Waals surface area contributed by atoms with E-state index < -0.39 is 30.4 Å². The van der Waals surface area contributed by atoms with E-state index in [1.54, 1.807) is 7.11 Å². The molecule has 4 atom stereocenters. The summed E-state index contributed by atoms with van der Waals surface area (Å²) in [4.78, 5) is 11.1. The molecule has 0 aliphatic rings. The Hall–Kier alpha value is -1.55. The summed E-state index contributed by atoms with van der Waals surface area (Å²) in [5, 5.41) is 19.8. The van der Waals surface area contributed by atoms with Crippen molar-refractivity contribution in [2.75, 3.05) is 27.8 Å². The SMILES string of the molecule is CCCCC[C@@H](O)C[C@H](OCOC)[C@H](C[C@H](CCC(=O)O)OCOC)OCc1ccccc1. The third-order valence-corrected chi connectivity index (χ3v) is 5.36. The van der Waals surface area contributed by atoms with Gasteiger partial charge in [-0.3, -0.25) is 4.79 Å². The highest BCUT2D eigenvalue weighted by Crippen LogP contribution is 2.23. The van der Waals surface area contributed by atoms with Crippen LogP contribution in [-0.4, -0.2) is 68.4 Å². The van der Waals surface area contributed by atoms with Crippen LogP contribution in [0.4, 0.5) is 0 Å². The van der Waals surface area contributed by atoms with Crippen molar-refractivity contribution in [3.8, 4) is 0 Å². The lowest BCUT2D eigenvalue weighted by Gasteiger charge is -2.31. The highest BCUT2D eigenvalue weighted by atomic mass is 16.7. The van der Waals surface area contributed by atoms with Crippen LogP contribution in [0.25, 0.3) is 0 Å². The standard InChI is InChI=1S/C25H42O8/c1-4-5-7-12-21(26)15-23(33-19-30-3)24(31-17-20-10-8-6-9-11-20)16-22(32-18-29-2)13-14-25(27)28/h6,8-11,21-24,26H,4-5,7,12-19H2,1-3H3,(H,27,28)/t21-,22+,23+,24+/m1/s1. The summed E-state index contributed by atoms with van der Waals surface area (Å²) in [6.07, 6.45) is 3.08. The van der Waals surface area contributed by atoms with Crippen molar-refractivity contribution < 1.29 is 38.7 Å². The molecule has 0 saturated heterocycles. The molecule has 0 aliphatic carbocycles. The van der Waals surface area contributed by atoms with Gasteiger partial charge in [-0.1, -0.05) is 56.5 Å². The minimum atomic E-state index is -0.888. The molecule has 0 unspecified atom stereocenters. The van der Waals surface area contributed by atoms with Gasteiger partial charge >= 0.3 is 5.97 Å². The molecule has 1 rings (SSSR count). The number of rotatable bonds is 21. The van der Waals surface area contributed by atoms with E-state index in [1.807, 2.05) is 30.3 Å². The molecule has 8 nitrogen and oxygen atoms in total. The second-order valence-electron chi connectivity index (χ2n) is 8.20. The Balaban J connectivity index is 2.96. The average molecular weight is 471 g/mol. The summed E-state index contributed by atoms with van der Waals surface area (Å²) in [7, 11) is 3.07. The third-order valence-electron chi connectivity index (χ3n) is 5.36. The molecule has 0 bridgehead atoms. The van der Waals surface area contributed by atoms with E-state index in [4.69, 9.17) is 28.8 Å². The number of carbonyl (C=O) groups is 1. The minimum absolute atomic E-state index is 0.0248. The maximum Gasteiger partial charge on any atom is 0.303 e. The van der Waals surface area contributed by atoms with Crippen LogP contribution in [0.15, 0.2) is 30.3 Å². The number of aliphatic hydroxyl groups is 1. The second-order valence-corrected chi connectivity index (χ2v) is 8.20. The van der Waals surface area contributed by atoms with Gasteiger partial charge in [0.2, 0.25) is 0 Å². The van der Waals surface area contributed by atoms with Crippen molar-refractivity contribution in [1.82, 2.24) is 0 Å². The Morgan fingerprint density at radius 2 is 1.58 bits per heavy atom. The molecule has 0 fully saturated rings. The zero-order valence-electron chi connectivity index (χ0n) is 20.3. The Morgan fingerprint density at radius 3 is 2.21 bits per heavy atom. The summed E-state index contributed by atoms with van der Waals surface area (Å²) in [5.74, 6) is -0.888. The first-order valence-corrected chi connectivity index (χ1v) is 11.8. The summed E-state index contributed by atoms with van der Waals surface area (Å²) in [6.45, 7) is 2.61. The van der Waals surface area contributed by atoms with Crippen molar-refractivity contribution >= 4 is 5.97 Å². The predicted molar refractivity (Wildman–Crippen MR) is 125 cm³/mol. The van der Waals surface area contributed by atoms with E-state index in [1.165, 1.54) is 7.11 Å². The third kappa shape index (κ3) is 14.3. The lowest BCUT2D eigenvalue weighted by molar-refractivity contribution is -0.161.